The van der Waals surface area contributed by atoms with Gasteiger partial charge in [-0.3, -0.25) is 0 Å². The van der Waals surface area contributed by atoms with Crippen LogP contribution in [0.4, 0.5) is 16.2 Å². The fourth-order valence-electron chi connectivity index (χ4n) is 2.38. The van der Waals surface area contributed by atoms with Crippen LogP contribution in [0.25, 0.3) is 0 Å². The molecule has 0 unspecified atom stereocenters. The Morgan fingerprint density at radius 1 is 0.800 bits per heavy atom. The van der Waals surface area contributed by atoms with E-state index in [9.17, 15) is 4.79 Å². The van der Waals surface area contributed by atoms with Gasteiger partial charge in [0.25, 0.3) is 0 Å². The van der Waals surface area contributed by atoms with Crippen LogP contribution in [-0.2, 0) is 0 Å². The van der Waals surface area contributed by atoms with E-state index in [-0.39, 0.29) is 6.03 Å². The van der Waals surface area contributed by atoms with Crippen molar-refractivity contribution in [3.8, 4) is 0 Å². The van der Waals surface area contributed by atoms with E-state index in [1.807, 2.05) is 67.6 Å². The molecule has 3 rings (SSSR count). The number of rotatable bonds is 4. The monoisotopic (exact) mass is 348 g/mol. The van der Waals surface area contributed by atoms with Crippen LogP contribution in [0.5, 0.6) is 0 Å². The summed E-state index contributed by atoms with van der Waals surface area (Å²) < 4.78 is 0. The Morgan fingerprint density at radius 3 is 2.28 bits per heavy atom. The molecule has 0 aliphatic carbocycles. The van der Waals surface area contributed by atoms with E-state index < -0.39 is 0 Å². The molecular formula is C21H20N2OS. The first-order valence-electron chi connectivity index (χ1n) is 8.09. The smallest absolute Gasteiger partial charge is 0.308 e. The molecule has 0 heterocycles. The molecule has 0 spiro atoms. The van der Waals surface area contributed by atoms with Gasteiger partial charge in [0.2, 0.25) is 0 Å². The highest BCUT2D eigenvalue weighted by Gasteiger charge is 2.08. The number of urea groups is 1. The zero-order valence-corrected chi connectivity index (χ0v) is 15.1. The largest absolute Gasteiger partial charge is 0.323 e. The highest BCUT2D eigenvalue weighted by atomic mass is 32.2. The molecule has 0 aromatic heterocycles. The van der Waals surface area contributed by atoms with E-state index in [0.717, 1.165) is 26.7 Å². The number of hydrogen-bond acceptors (Lipinski definition) is 2. The zero-order chi connectivity index (χ0) is 17.6. The summed E-state index contributed by atoms with van der Waals surface area (Å²) in [5.74, 6) is 0. The molecule has 0 aliphatic heterocycles. The Morgan fingerprint density at radius 2 is 1.52 bits per heavy atom. The average molecular weight is 348 g/mol. The van der Waals surface area contributed by atoms with Crippen molar-refractivity contribution >= 4 is 29.2 Å². The first-order chi connectivity index (χ1) is 12.1. The summed E-state index contributed by atoms with van der Waals surface area (Å²) in [6, 6.07) is 23.5. The molecule has 2 N–H and O–H groups in total. The second-order valence-corrected chi connectivity index (χ2v) is 6.90. The summed E-state index contributed by atoms with van der Waals surface area (Å²) in [6.07, 6.45) is 0. The third-order valence-corrected chi connectivity index (χ3v) is 4.95. The van der Waals surface area contributed by atoms with Crippen molar-refractivity contribution < 1.29 is 4.79 Å². The minimum absolute atomic E-state index is 0.246. The molecule has 2 amide bonds. The van der Waals surface area contributed by atoms with Crippen LogP contribution in [-0.4, -0.2) is 6.03 Å². The molecule has 0 atom stereocenters. The molecule has 126 valence electrons. The van der Waals surface area contributed by atoms with E-state index in [0.29, 0.717) is 0 Å². The Bertz CT molecular complexity index is 878. The van der Waals surface area contributed by atoms with Crippen LogP contribution in [0.2, 0.25) is 0 Å². The van der Waals surface area contributed by atoms with Crippen LogP contribution in [0.3, 0.4) is 0 Å². The summed E-state index contributed by atoms with van der Waals surface area (Å²) in [5, 5.41) is 5.83. The normalized spacial score (nSPS) is 10.3. The van der Waals surface area contributed by atoms with Gasteiger partial charge in [0, 0.05) is 15.5 Å². The van der Waals surface area contributed by atoms with Crippen LogP contribution in [0.15, 0.2) is 82.6 Å². The van der Waals surface area contributed by atoms with Gasteiger partial charge in [0.1, 0.15) is 0 Å². The predicted octanol–water partition coefficient (Wildman–Crippen LogP) is 6.10. The molecule has 0 saturated heterocycles. The average Bonchev–Trinajstić information content (AvgIpc) is 2.61. The van der Waals surface area contributed by atoms with Crippen molar-refractivity contribution in [3.63, 3.8) is 0 Å². The molecule has 3 aromatic carbocycles. The van der Waals surface area contributed by atoms with Crippen molar-refractivity contribution in [2.45, 2.75) is 23.6 Å². The third kappa shape index (κ3) is 4.64. The highest BCUT2D eigenvalue weighted by Crippen LogP contribution is 2.33. The zero-order valence-electron chi connectivity index (χ0n) is 14.2. The van der Waals surface area contributed by atoms with Crippen molar-refractivity contribution in [3.05, 3.63) is 83.9 Å². The van der Waals surface area contributed by atoms with Crippen molar-refractivity contribution in [1.29, 1.82) is 0 Å². The molecule has 4 heteroatoms. The number of hydrogen-bond donors (Lipinski definition) is 2. The first-order valence-corrected chi connectivity index (χ1v) is 8.90. The van der Waals surface area contributed by atoms with Crippen LogP contribution < -0.4 is 10.6 Å². The molecule has 0 saturated carbocycles. The topological polar surface area (TPSA) is 41.1 Å². The Kier molecular flexibility index (Phi) is 5.41. The maximum atomic E-state index is 12.4. The van der Waals surface area contributed by atoms with Gasteiger partial charge in [0.05, 0.1) is 5.69 Å². The maximum absolute atomic E-state index is 12.4. The quantitative estimate of drug-likeness (QED) is 0.598. The van der Waals surface area contributed by atoms with Gasteiger partial charge >= 0.3 is 6.03 Å². The van der Waals surface area contributed by atoms with E-state index in [1.165, 1.54) is 5.56 Å². The second kappa shape index (κ2) is 7.90. The van der Waals surface area contributed by atoms with Crippen molar-refractivity contribution in [2.75, 3.05) is 10.6 Å². The minimum atomic E-state index is -0.246. The number of anilines is 2. The van der Waals surface area contributed by atoms with Crippen molar-refractivity contribution in [1.82, 2.24) is 0 Å². The van der Waals surface area contributed by atoms with Crippen LogP contribution >= 0.6 is 11.8 Å². The molecular weight excluding hydrogens is 328 g/mol. The lowest BCUT2D eigenvalue weighted by atomic mass is 10.1. The lowest BCUT2D eigenvalue weighted by Crippen LogP contribution is -2.19. The van der Waals surface area contributed by atoms with Gasteiger partial charge in [-0.25, -0.2) is 4.79 Å². The molecule has 0 aliphatic rings. The van der Waals surface area contributed by atoms with E-state index >= 15 is 0 Å². The molecule has 0 bridgehead atoms. The van der Waals surface area contributed by atoms with E-state index in [4.69, 9.17) is 0 Å². The van der Waals surface area contributed by atoms with Gasteiger partial charge < -0.3 is 10.6 Å². The number of amides is 2. The van der Waals surface area contributed by atoms with Gasteiger partial charge in [-0.15, -0.1) is 0 Å². The highest BCUT2D eigenvalue weighted by molar-refractivity contribution is 7.99. The molecule has 0 radical (unpaired) electrons. The standard InChI is InChI=1S/C21H20N2OS/c1-15-12-13-17(14-16(15)2)22-21(24)23-19-10-6-7-11-20(19)25-18-8-4-3-5-9-18/h3-14H,1-2H3,(H2,22,23,24). The van der Waals surface area contributed by atoms with Crippen LogP contribution in [0.1, 0.15) is 11.1 Å². The number of nitrogens with one attached hydrogen (secondary N) is 2. The number of aryl methyl sites for hydroxylation is 2. The second-order valence-electron chi connectivity index (χ2n) is 5.79. The fraction of sp³-hybridized carbons (Fsp3) is 0.0952. The summed E-state index contributed by atoms with van der Waals surface area (Å²) in [7, 11) is 0. The lowest BCUT2D eigenvalue weighted by molar-refractivity contribution is 0.262. The van der Waals surface area contributed by atoms with Gasteiger partial charge in [-0.05, 0) is 61.4 Å². The molecule has 3 aromatic rings. The van der Waals surface area contributed by atoms with E-state index in [2.05, 4.69) is 29.7 Å². The van der Waals surface area contributed by atoms with Gasteiger partial charge in [0.15, 0.2) is 0 Å². The van der Waals surface area contributed by atoms with Gasteiger partial charge in [-0.1, -0.05) is 48.2 Å². The maximum Gasteiger partial charge on any atom is 0.323 e. The Hall–Kier alpha value is -2.72. The number of carbonyl (C=O) groups excluding carboxylic acids is 1. The van der Waals surface area contributed by atoms with Crippen molar-refractivity contribution in [2.24, 2.45) is 0 Å². The Labute approximate surface area is 152 Å². The summed E-state index contributed by atoms with van der Waals surface area (Å²) in [5.41, 5.74) is 3.93. The predicted molar refractivity (Wildman–Crippen MR) is 106 cm³/mol. The molecule has 0 fully saturated rings. The summed E-state index contributed by atoms with van der Waals surface area (Å²) in [4.78, 5) is 14.5. The number of para-hydroxylation sites is 1. The minimum Gasteiger partial charge on any atom is -0.308 e. The van der Waals surface area contributed by atoms with Gasteiger partial charge in [-0.2, -0.15) is 0 Å². The number of carbonyl (C=O) groups is 1. The SMILES string of the molecule is Cc1ccc(NC(=O)Nc2ccccc2Sc2ccccc2)cc1C. The summed E-state index contributed by atoms with van der Waals surface area (Å²) >= 11 is 1.62. The van der Waals surface area contributed by atoms with Crippen LogP contribution in [0, 0.1) is 13.8 Å². The summed E-state index contributed by atoms with van der Waals surface area (Å²) in [6.45, 7) is 4.08. The first kappa shape index (κ1) is 17.1. The van der Waals surface area contributed by atoms with E-state index in [1.54, 1.807) is 11.8 Å². The molecule has 3 nitrogen and oxygen atoms in total. The fourth-order valence-corrected chi connectivity index (χ4v) is 3.30. The lowest BCUT2D eigenvalue weighted by Gasteiger charge is -2.12. The molecule has 25 heavy (non-hydrogen) atoms. The number of benzene rings is 3. The Balaban J connectivity index is 1.72. The third-order valence-electron chi connectivity index (χ3n) is 3.87.